The van der Waals surface area contributed by atoms with E-state index in [4.69, 9.17) is 0 Å². The first kappa shape index (κ1) is 11.6. The van der Waals surface area contributed by atoms with Gasteiger partial charge in [-0.25, -0.2) is 0 Å². The van der Waals surface area contributed by atoms with Gasteiger partial charge in [-0.05, 0) is 6.07 Å². The van der Waals surface area contributed by atoms with E-state index in [0.29, 0.717) is 0 Å². The van der Waals surface area contributed by atoms with Crippen molar-refractivity contribution in [1.82, 2.24) is 0 Å². The largest absolute Gasteiger partial charge is 0.545 e. The van der Waals surface area contributed by atoms with Gasteiger partial charge in [-0.2, -0.15) is 0 Å². The zero-order valence-corrected chi connectivity index (χ0v) is 8.22. The first-order valence-corrected chi connectivity index (χ1v) is 4.18. The zero-order valence-electron chi connectivity index (χ0n) is 8.22. The van der Waals surface area contributed by atoms with E-state index in [-0.39, 0.29) is 11.3 Å². The number of carboxylic acids is 1. The molecule has 1 N–H and O–H groups in total. The van der Waals surface area contributed by atoms with Crippen molar-refractivity contribution >= 4 is 23.3 Å². The highest BCUT2D eigenvalue weighted by Gasteiger charge is 2.10. The van der Waals surface area contributed by atoms with Crippen molar-refractivity contribution in [2.45, 2.75) is 6.92 Å². The summed E-state index contributed by atoms with van der Waals surface area (Å²) in [6.07, 6.45) is 0. The first-order chi connectivity index (χ1) is 7.40. The maximum Gasteiger partial charge on any atom is 0.272 e. The van der Waals surface area contributed by atoms with Gasteiger partial charge in [0, 0.05) is 30.3 Å². The Labute approximate surface area is 89.8 Å². The van der Waals surface area contributed by atoms with Gasteiger partial charge in [0.1, 0.15) is 0 Å². The number of hydrogen-bond donors (Lipinski definition) is 1. The summed E-state index contributed by atoms with van der Waals surface area (Å²) < 4.78 is 0. The third-order valence-electron chi connectivity index (χ3n) is 1.68. The molecule has 0 aliphatic heterocycles. The second kappa shape index (κ2) is 4.39. The molecule has 0 aliphatic carbocycles. The van der Waals surface area contributed by atoms with Gasteiger partial charge in [0.15, 0.2) is 0 Å². The summed E-state index contributed by atoms with van der Waals surface area (Å²) in [5.41, 5.74) is -0.746. The van der Waals surface area contributed by atoms with E-state index in [1.807, 2.05) is 0 Å². The van der Waals surface area contributed by atoms with Gasteiger partial charge in [-0.15, -0.1) is 0 Å². The summed E-state index contributed by atoms with van der Waals surface area (Å²) in [4.78, 5) is 31.0. The van der Waals surface area contributed by atoms with E-state index in [0.717, 1.165) is 18.2 Å². The Hall–Kier alpha value is -2.44. The highest BCUT2D eigenvalue weighted by molar-refractivity contribution is 5.93. The summed E-state index contributed by atoms with van der Waals surface area (Å²) in [6, 6.07) is 3.01. The Kier molecular flexibility index (Phi) is 3.19. The van der Waals surface area contributed by atoms with Crippen LogP contribution in [0.1, 0.15) is 17.3 Å². The molecule has 7 heteroatoms. The number of rotatable bonds is 3. The Bertz CT molecular complexity index is 437. The van der Waals surface area contributed by atoms with Gasteiger partial charge in [0.25, 0.3) is 5.69 Å². The summed E-state index contributed by atoms with van der Waals surface area (Å²) >= 11 is 0. The zero-order chi connectivity index (χ0) is 12.3. The van der Waals surface area contributed by atoms with Gasteiger partial charge in [0.2, 0.25) is 5.91 Å². The average molecular weight is 223 g/mol. The highest BCUT2D eigenvalue weighted by Crippen LogP contribution is 2.20. The molecule has 0 bridgehead atoms. The van der Waals surface area contributed by atoms with Crippen molar-refractivity contribution in [3.8, 4) is 0 Å². The number of hydrogen-bond acceptors (Lipinski definition) is 5. The monoisotopic (exact) mass is 223 g/mol. The number of nitro benzene ring substituents is 1. The number of aromatic carboxylic acids is 1. The number of carboxylic acid groups (broad SMARTS) is 1. The second-order valence-corrected chi connectivity index (χ2v) is 2.99. The fourth-order valence-corrected chi connectivity index (χ4v) is 1.11. The van der Waals surface area contributed by atoms with Crippen LogP contribution in [0.5, 0.6) is 0 Å². The van der Waals surface area contributed by atoms with E-state index in [1.54, 1.807) is 0 Å². The van der Waals surface area contributed by atoms with Gasteiger partial charge >= 0.3 is 0 Å². The van der Waals surface area contributed by atoms with Crippen LogP contribution < -0.4 is 10.4 Å². The van der Waals surface area contributed by atoms with Crippen LogP contribution in [0.15, 0.2) is 18.2 Å². The van der Waals surface area contributed by atoms with Crippen molar-refractivity contribution in [3.05, 3.63) is 33.9 Å². The molecule has 1 aromatic carbocycles. The molecule has 0 saturated heterocycles. The SMILES string of the molecule is CC(=O)Nc1cc(C(=O)[O-])cc([N+](=O)[O-])c1. The molecule has 0 atom stereocenters. The van der Waals surface area contributed by atoms with Gasteiger partial charge in [-0.3, -0.25) is 14.9 Å². The van der Waals surface area contributed by atoms with Crippen molar-refractivity contribution < 1.29 is 19.6 Å². The number of benzene rings is 1. The number of carbonyl (C=O) groups excluding carboxylic acids is 2. The Morgan fingerprint density at radius 2 is 1.94 bits per heavy atom. The van der Waals surface area contributed by atoms with Crippen LogP contribution in [-0.2, 0) is 4.79 Å². The lowest BCUT2D eigenvalue weighted by Crippen LogP contribution is -2.22. The maximum atomic E-state index is 10.7. The maximum absolute atomic E-state index is 10.7. The molecule has 7 nitrogen and oxygen atoms in total. The second-order valence-electron chi connectivity index (χ2n) is 2.99. The van der Waals surface area contributed by atoms with Crippen LogP contribution in [-0.4, -0.2) is 16.8 Å². The molecule has 0 heterocycles. The van der Waals surface area contributed by atoms with Crippen LogP contribution in [0.2, 0.25) is 0 Å². The standard InChI is InChI=1S/C9H8N2O5/c1-5(12)10-7-2-6(9(13)14)3-8(4-7)11(15)16/h2-4H,1H3,(H,10,12)(H,13,14)/p-1. The predicted octanol–water partition coefficient (Wildman–Crippen LogP) is -0.0833. The van der Waals surface area contributed by atoms with E-state index in [2.05, 4.69) is 5.32 Å². The van der Waals surface area contributed by atoms with E-state index >= 15 is 0 Å². The molecule has 0 fully saturated rings. The van der Waals surface area contributed by atoms with Crippen molar-refractivity contribution in [1.29, 1.82) is 0 Å². The van der Waals surface area contributed by atoms with Crippen LogP contribution in [0.25, 0.3) is 0 Å². The number of carbonyl (C=O) groups is 2. The fourth-order valence-electron chi connectivity index (χ4n) is 1.11. The molecule has 0 radical (unpaired) electrons. The quantitative estimate of drug-likeness (QED) is 0.568. The minimum absolute atomic E-state index is 0.0425. The summed E-state index contributed by atoms with van der Waals surface area (Å²) in [5, 5.41) is 23.3. The van der Waals surface area contributed by atoms with E-state index in [1.165, 1.54) is 6.92 Å². The third-order valence-corrected chi connectivity index (χ3v) is 1.68. The summed E-state index contributed by atoms with van der Waals surface area (Å²) in [6.45, 7) is 1.21. The van der Waals surface area contributed by atoms with Gasteiger partial charge in [-0.1, -0.05) is 0 Å². The lowest BCUT2D eigenvalue weighted by Gasteiger charge is -2.06. The smallest absolute Gasteiger partial charge is 0.272 e. The molecule has 0 unspecified atom stereocenters. The number of nitro groups is 1. The van der Waals surface area contributed by atoms with Crippen LogP contribution in [0.3, 0.4) is 0 Å². The van der Waals surface area contributed by atoms with Crippen molar-refractivity contribution in [2.75, 3.05) is 5.32 Å². The molecule has 0 aliphatic rings. The lowest BCUT2D eigenvalue weighted by atomic mass is 10.1. The van der Waals surface area contributed by atoms with Crippen LogP contribution in [0.4, 0.5) is 11.4 Å². The van der Waals surface area contributed by atoms with Crippen molar-refractivity contribution in [3.63, 3.8) is 0 Å². The summed E-state index contributed by atoms with van der Waals surface area (Å²) in [7, 11) is 0. The van der Waals surface area contributed by atoms with E-state index in [9.17, 15) is 24.8 Å². The minimum Gasteiger partial charge on any atom is -0.545 e. The number of anilines is 1. The molecular formula is C9H7N2O5-. The Morgan fingerprint density at radius 3 is 2.38 bits per heavy atom. The highest BCUT2D eigenvalue weighted by atomic mass is 16.6. The van der Waals surface area contributed by atoms with Crippen molar-refractivity contribution in [2.24, 2.45) is 0 Å². The number of nitrogens with one attached hydrogen (secondary N) is 1. The molecule has 0 spiro atoms. The molecule has 1 amide bonds. The Balaban J connectivity index is 3.23. The Morgan fingerprint density at radius 1 is 1.31 bits per heavy atom. The number of amides is 1. The molecule has 84 valence electrons. The summed E-state index contributed by atoms with van der Waals surface area (Å²) in [5.74, 6) is -2.00. The fraction of sp³-hybridized carbons (Fsp3) is 0.111. The first-order valence-electron chi connectivity index (χ1n) is 4.18. The topological polar surface area (TPSA) is 112 Å². The average Bonchev–Trinajstić information content (AvgIpc) is 2.15. The molecule has 0 saturated carbocycles. The van der Waals surface area contributed by atoms with Crippen LogP contribution in [0, 0.1) is 10.1 Å². The molecule has 1 aromatic rings. The van der Waals surface area contributed by atoms with Gasteiger partial charge in [0.05, 0.1) is 10.9 Å². The predicted molar refractivity (Wildman–Crippen MR) is 51.7 cm³/mol. The molecule has 1 rings (SSSR count). The number of non-ortho nitro benzene ring substituents is 1. The number of nitrogens with zero attached hydrogens (tertiary/aromatic N) is 1. The lowest BCUT2D eigenvalue weighted by molar-refractivity contribution is -0.384. The normalized spacial score (nSPS) is 9.56. The molecule has 0 aromatic heterocycles. The van der Waals surface area contributed by atoms with Gasteiger partial charge < -0.3 is 15.2 Å². The van der Waals surface area contributed by atoms with E-state index < -0.39 is 22.5 Å². The molecule has 16 heavy (non-hydrogen) atoms. The van der Waals surface area contributed by atoms with Crippen LogP contribution >= 0.6 is 0 Å². The minimum atomic E-state index is -1.55. The molecular weight excluding hydrogens is 216 g/mol. The third kappa shape index (κ3) is 2.77.